The van der Waals surface area contributed by atoms with E-state index in [-0.39, 0.29) is 0 Å². The molecule has 2 rings (SSSR count). The largest absolute Gasteiger partial charge is 0.452 e. The first-order valence-corrected chi connectivity index (χ1v) is 7.45. The van der Waals surface area contributed by atoms with Crippen LogP contribution in [0.15, 0.2) is 24.3 Å². The molecular formula is C11H13ClN2O4S. The van der Waals surface area contributed by atoms with Gasteiger partial charge in [0.1, 0.15) is 0 Å². The molecule has 2 unspecified atom stereocenters. The third kappa shape index (κ3) is 3.17. The normalized spacial score (nSPS) is 21.8. The average Bonchev–Trinajstić information content (AvgIpc) is 2.65. The lowest BCUT2D eigenvalue weighted by Crippen LogP contribution is -2.43. The van der Waals surface area contributed by atoms with E-state index in [1.807, 2.05) is 24.3 Å². The molecule has 1 aliphatic rings. The molecule has 0 saturated carbocycles. The van der Waals surface area contributed by atoms with Gasteiger partial charge in [0.25, 0.3) is 0 Å². The number of amides is 1. The predicted molar refractivity (Wildman–Crippen MR) is 70.1 cm³/mol. The van der Waals surface area contributed by atoms with Gasteiger partial charge in [-0.3, -0.25) is 0 Å². The third-order valence-electron chi connectivity index (χ3n) is 2.85. The number of halogens is 1. The van der Waals surface area contributed by atoms with Crippen LogP contribution in [0.5, 0.6) is 0 Å². The van der Waals surface area contributed by atoms with Gasteiger partial charge in [0.05, 0.1) is 18.5 Å². The van der Waals surface area contributed by atoms with Gasteiger partial charge in [-0.05, 0) is 17.5 Å². The van der Waals surface area contributed by atoms with E-state index in [4.69, 9.17) is 11.6 Å². The fraction of sp³-hybridized carbons (Fsp3) is 0.364. The minimum absolute atomic E-state index is 0.397. The Bertz CT molecular complexity index is 590. The van der Waals surface area contributed by atoms with E-state index >= 15 is 0 Å². The van der Waals surface area contributed by atoms with Crippen molar-refractivity contribution in [2.75, 3.05) is 7.11 Å². The molecule has 104 valence electrons. The van der Waals surface area contributed by atoms with Crippen molar-refractivity contribution >= 4 is 27.9 Å². The van der Waals surface area contributed by atoms with E-state index in [0.717, 1.165) is 18.2 Å². The zero-order valence-corrected chi connectivity index (χ0v) is 11.7. The summed E-state index contributed by atoms with van der Waals surface area (Å²) < 4.78 is 31.8. The highest BCUT2D eigenvalue weighted by Crippen LogP contribution is 2.34. The number of ether oxygens (including phenoxy) is 1. The van der Waals surface area contributed by atoms with Crippen molar-refractivity contribution in [3.8, 4) is 0 Å². The maximum atomic E-state index is 11.7. The van der Waals surface area contributed by atoms with E-state index in [2.05, 4.69) is 9.46 Å². The molecule has 0 fully saturated rings. The Morgan fingerprint density at radius 1 is 1.42 bits per heavy atom. The molecule has 0 spiro atoms. The maximum absolute atomic E-state index is 11.7. The standard InChI is InChI=1S/C11H13ClN2O4S/c1-18-11(15)14-19(16,17)13-10-8-5-3-2-4-7(8)6-9(10)12/h2-5,9-10,13H,6H2,1H3,(H,14,15). The fourth-order valence-electron chi connectivity index (χ4n) is 2.03. The van der Waals surface area contributed by atoms with Gasteiger partial charge in [-0.15, -0.1) is 11.6 Å². The van der Waals surface area contributed by atoms with Crippen molar-refractivity contribution in [2.45, 2.75) is 17.8 Å². The number of rotatable bonds is 3. The van der Waals surface area contributed by atoms with Gasteiger partial charge in [0.15, 0.2) is 0 Å². The summed E-state index contributed by atoms with van der Waals surface area (Å²) in [6, 6.07) is 6.81. The van der Waals surface area contributed by atoms with Gasteiger partial charge in [-0.25, -0.2) is 9.52 Å². The van der Waals surface area contributed by atoms with Crippen LogP contribution in [0.1, 0.15) is 17.2 Å². The van der Waals surface area contributed by atoms with Crippen LogP contribution in [-0.2, 0) is 21.4 Å². The molecule has 0 heterocycles. The van der Waals surface area contributed by atoms with Gasteiger partial charge in [-0.1, -0.05) is 24.3 Å². The number of benzene rings is 1. The van der Waals surface area contributed by atoms with Gasteiger partial charge >= 0.3 is 16.3 Å². The average molecular weight is 305 g/mol. The highest BCUT2D eigenvalue weighted by atomic mass is 35.5. The van der Waals surface area contributed by atoms with Gasteiger partial charge in [0, 0.05) is 0 Å². The number of carbonyl (C=O) groups is 1. The number of nitrogens with one attached hydrogen (secondary N) is 2. The summed E-state index contributed by atoms with van der Waals surface area (Å²) in [4.78, 5) is 10.9. The molecule has 19 heavy (non-hydrogen) atoms. The van der Waals surface area contributed by atoms with Crippen LogP contribution in [0.25, 0.3) is 0 Å². The summed E-state index contributed by atoms with van der Waals surface area (Å²) in [5, 5.41) is -0.397. The van der Waals surface area contributed by atoms with Crippen LogP contribution in [0.2, 0.25) is 0 Å². The monoisotopic (exact) mass is 304 g/mol. The first kappa shape index (κ1) is 14.1. The Kier molecular flexibility index (Phi) is 3.98. The lowest BCUT2D eigenvalue weighted by Gasteiger charge is -2.17. The first-order valence-electron chi connectivity index (χ1n) is 5.53. The predicted octanol–water partition coefficient (Wildman–Crippen LogP) is 1.08. The van der Waals surface area contributed by atoms with E-state index in [9.17, 15) is 13.2 Å². The molecule has 1 aromatic rings. The zero-order valence-electron chi connectivity index (χ0n) is 10.1. The summed E-state index contributed by atoms with van der Waals surface area (Å²) in [5.41, 5.74) is 1.81. The Morgan fingerprint density at radius 3 is 2.79 bits per heavy atom. The Balaban J connectivity index is 2.18. The van der Waals surface area contributed by atoms with Gasteiger partial charge in [0.2, 0.25) is 0 Å². The highest BCUT2D eigenvalue weighted by Gasteiger charge is 2.34. The second kappa shape index (κ2) is 5.36. The molecule has 0 radical (unpaired) electrons. The van der Waals surface area contributed by atoms with Gasteiger partial charge in [-0.2, -0.15) is 13.1 Å². The van der Waals surface area contributed by atoms with Crippen molar-refractivity contribution in [3.05, 3.63) is 35.4 Å². The Morgan fingerprint density at radius 2 is 2.11 bits per heavy atom. The molecule has 2 N–H and O–H groups in total. The Hall–Kier alpha value is -1.31. The van der Waals surface area contributed by atoms with E-state index in [0.29, 0.717) is 6.42 Å². The minimum atomic E-state index is -4.01. The molecule has 1 amide bonds. The van der Waals surface area contributed by atoms with Crippen LogP contribution >= 0.6 is 11.6 Å². The number of fused-ring (bicyclic) bond motifs is 1. The summed E-state index contributed by atoms with van der Waals surface area (Å²) in [5.74, 6) is 0. The summed E-state index contributed by atoms with van der Waals surface area (Å²) >= 11 is 6.15. The van der Waals surface area contributed by atoms with Gasteiger partial charge < -0.3 is 4.74 Å². The molecule has 8 heteroatoms. The van der Waals surface area contributed by atoms with E-state index in [1.54, 1.807) is 4.72 Å². The van der Waals surface area contributed by atoms with Crippen molar-refractivity contribution in [1.29, 1.82) is 0 Å². The first-order chi connectivity index (χ1) is 8.93. The quantitative estimate of drug-likeness (QED) is 0.819. The number of methoxy groups -OCH3 is 1. The van der Waals surface area contributed by atoms with Crippen LogP contribution in [0, 0.1) is 0 Å². The molecule has 6 nitrogen and oxygen atoms in total. The van der Waals surface area contributed by atoms with Crippen LogP contribution in [0.4, 0.5) is 4.79 Å². The van der Waals surface area contributed by atoms with Crippen molar-refractivity contribution in [3.63, 3.8) is 0 Å². The SMILES string of the molecule is COC(=O)NS(=O)(=O)NC1c2ccccc2CC1Cl. The zero-order chi connectivity index (χ0) is 14.0. The molecule has 0 bridgehead atoms. The summed E-state index contributed by atoms with van der Waals surface area (Å²) in [6.45, 7) is 0. The smallest absolute Gasteiger partial charge is 0.421 e. The summed E-state index contributed by atoms with van der Waals surface area (Å²) in [6.07, 6.45) is -0.478. The molecule has 0 saturated heterocycles. The molecule has 0 aliphatic heterocycles. The number of carbonyl (C=O) groups excluding carboxylic acids is 1. The molecule has 1 aromatic carbocycles. The van der Waals surface area contributed by atoms with Crippen LogP contribution in [-0.4, -0.2) is 27.0 Å². The minimum Gasteiger partial charge on any atom is -0.452 e. The maximum Gasteiger partial charge on any atom is 0.421 e. The lowest BCUT2D eigenvalue weighted by molar-refractivity contribution is 0.177. The molecule has 0 aromatic heterocycles. The second-order valence-corrected chi connectivity index (χ2v) is 6.12. The lowest BCUT2D eigenvalue weighted by atomic mass is 10.1. The fourth-order valence-corrected chi connectivity index (χ4v) is 3.46. The number of hydrogen-bond acceptors (Lipinski definition) is 4. The van der Waals surface area contributed by atoms with Crippen molar-refractivity contribution < 1.29 is 17.9 Å². The Labute approximate surface area is 116 Å². The number of alkyl halides is 1. The van der Waals surface area contributed by atoms with Crippen molar-refractivity contribution in [2.24, 2.45) is 0 Å². The number of hydrogen-bond donors (Lipinski definition) is 2. The van der Waals surface area contributed by atoms with E-state index < -0.39 is 27.7 Å². The van der Waals surface area contributed by atoms with Crippen LogP contribution in [0.3, 0.4) is 0 Å². The van der Waals surface area contributed by atoms with E-state index in [1.165, 1.54) is 0 Å². The molecular weight excluding hydrogens is 292 g/mol. The topological polar surface area (TPSA) is 84.5 Å². The molecule has 2 atom stereocenters. The summed E-state index contributed by atoms with van der Waals surface area (Å²) in [7, 11) is -2.93. The molecule has 1 aliphatic carbocycles. The second-order valence-electron chi connectivity index (χ2n) is 4.11. The van der Waals surface area contributed by atoms with Crippen LogP contribution < -0.4 is 9.44 Å². The highest BCUT2D eigenvalue weighted by molar-refractivity contribution is 7.88. The third-order valence-corrected chi connectivity index (χ3v) is 4.26. The van der Waals surface area contributed by atoms with Crippen molar-refractivity contribution in [1.82, 2.24) is 9.44 Å².